The zero-order valence-electron chi connectivity index (χ0n) is 13.6. The van der Waals surface area contributed by atoms with Gasteiger partial charge in [0.15, 0.2) is 0 Å². The summed E-state index contributed by atoms with van der Waals surface area (Å²) in [6.07, 6.45) is -0.0395. The molecule has 1 heterocycles. The Bertz CT molecular complexity index is 744. The number of pyridine rings is 1. The molecule has 3 nitrogen and oxygen atoms in total. The Morgan fingerprint density at radius 1 is 1.09 bits per heavy atom. The van der Waals surface area contributed by atoms with Gasteiger partial charge in [-0.15, -0.1) is 0 Å². The van der Waals surface area contributed by atoms with Crippen molar-refractivity contribution < 1.29 is 10.2 Å². The summed E-state index contributed by atoms with van der Waals surface area (Å²) in [5.74, 6) is 0.164. The maximum Gasteiger partial charge on any atom is 0.126 e. The Kier molecular flexibility index (Phi) is 4.99. The van der Waals surface area contributed by atoms with E-state index in [2.05, 4.69) is 4.98 Å². The first kappa shape index (κ1) is 16.2. The molecule has 1 aromatic carbocycles. The molecule has 116 valence electrons. The second-order valence-corrected chi connectivity index (χ2v) is 5.06. The highest BCUT2D eigenvalue weighted by Gasteiger charge is 2.31. The summed E-state index contributed by atoms with van der Waals surface area (Å²) < 4.78 is 0. The second-order valence-electron chi connectivity index (χ2n) is 5.06. The van der Waals surface area contributed by atoms with Crippen LogP contribution in [0, 0.1) is 0 Å². The molecule has 22 heavy (non-hydrogen) atoms. The number of aliphatic hydroxyl groups excluding tert-OH is 2. The lowest BCUT2D eigenvalue weighted by Crippen LogP contribution is -2.10. The van der Waals surface area contributed by atoms with Gasteiger partial charge < -0.3 is 10.2 Å². The quantitative estimate of drug-likeness (QED) is 0.849. The number of benzene rings is 1. The van der Waals surface area contributed by atoms with Crippen LogP contribution in [-0.4, -0.2) is 21.3 Å². The third-order valence-electron chi connectivity index (χ3n) is 3.95. The summed E-state index contributed by atoms with van der Waals surface area (Å²) >= 11 is 0. The average molecular weight is 297 g/mol. The number of nitrogens with zero attached hydrogens (tertiary/aromatic N) is 1. The maximum absolute atomic E-state index is 10.4. The first-order valence-electron chi connectivity index (χ1n) is 7.81. The third kappa shape index (κ3) is 2.64. The van der Waals surface area contributed by atoms with E-state index in [-0.39, 0.29) is 5.76 Å². The zero-order valence-corrected chi connectivity index (χ0v) is 13.6. The Balaban J connectivity index is 0.000000847. The van der Waals surface area contributed by atoms with Crippen LogP contribution in [0.2, 0.25) is 0 Å². The van der Waals surface area contributed by atoms with Gasteiger partial charge in [0.2, 0.25) is 0 Å². The Hall–Kier alpha value is -2.13. The molecular formula is C19H23NO2. The van der Waals surface area contributed by atoms with Crippen LogP contribution >= 0.6 is 0 Å². The molecule has 0 saturated heterocycles. The number of aliphatic hydroxyl groups is 2. The number of hydrogen-bond acceptors (Lipinski definition) is 3. The SMILES string of the molecule is CC.CCC1=C(C)C(O)=C(c2ccc3ccccc3n2)C1O. The van der Waals surface area contributed by atoms with Crippen molar-refractivity contribution in [3.05, 3.63) is 59.0 Å². The lowest BCUT2D eigenvalue weighted by Gasteiger charge is -2.12. The predicted octanol–water partition coefficient (Wildman–Crippen LogP) is 4.63. The van der Waals surface area contributed by atoms with E-state index in [4.69, 9.17) is 0 Å². The minimum Gasteiger partial charge on any atom is -0.507 e. The molecular weight excluding hydrogens is 274 g/mol. The standard InChI is InChI=1S/C17H17NO2.C2H6/c1-3-12-10(2)16(19)15(17(12)20)14-9-8-11-6-4-5-7-13(11)18-14;1-2/h4-9,17,19-20H,3H2,1-2H3;1-2H3. The highest BCUT2D eigenvalue weighted by Crippen LogP contribution is 2.38. The fourth-order valence-electron chi connectivity index (χ4n) is 2.80. The average Bonchev–Trinajstić information content (AvgIpc) is 2.78. The van der Waals surface area contributed by atoms with Gasteiger partial charge >= 0.3 is 0 Å². The highest BCUT2D eigenvalue weighted by molar-refractivity contribution is 5.84. The number of aromatic nitrogens is 1. The molecule has 0 saturated carbocycles. The lowest BCUT2D eigenvalue weighted by molar-refractivity contribution is 0.265. The van der Waals surface area contributed by atoms with E-state index < -0.39 is 6.10 Å². The molecule has 1 unspecified atom stereocenters. The summed E-state index contributed by atoms with van der Waals surface area (Å²) in [5.41, 5.74) is 3.65. The summed E-state index contributed by atoms with van der Waals surface area (Å²) in [6.45, 7) is 7.82. The summed E-state index contributed by atoms with van der Waals surface area (Å²) in [6, 6.07) is 11.6. The maximum atomic E-state index is 10.4. The van der Waals surface area contributed by atoms with Crippen LogP contribution in [0.3, 0.4) is 0 Å². The van der Waals surface area contributed by atoms with Crippen molar-refractivity contribution in [2.24, 2.45) is 0 Å². The minimum absolute atomic E-state index is 0.164. The molecule has 0 radical (unpaired) electrons. The summed E-state index contributed by atoms with van der Waals surface area (Å²) in [7, 11) is 0. The summed E-state index contributed by atoms with van der Waals surface area (Å²) in [5, 5.41) is 21.7. The molecule has 0 aliphatic heterocycles. The fourth-order valence-corrected chi connectivity index (χ4v) is 2.80. The molecule has 1 aliphatic carbocycles. The molecule has 1 atom stereocenters. The van der Waals surface area contributed by atoms with Gasteiger partial charge in [0, 0.05) is 5.39 Å². The molecule has 0 amide bonds. The van der Waals surface area contributed by atoms with Gasteiger partial charge in [-0.25, -0.2) is 4.98 Å². The zero-order chi connectivity index (χ0) is 16.3. The molecule has 3 heteroatoms. The number of rotatable bonds is 2. The van der Waals surface area contributed by atoms with Gasteiger partial charge in [0.1, 0.15) is 11.9 Å². The van der Waals surface area contributed by atoms with E-state index in [0.717, 1.165) is 22.0 Å². The molecule has 0 spiro atoms. The van der Waals surface area contributed by atoms with Gasteiger partial charge in [-0.3, -0.25) is 0 Å². The molecule has 3 rings (SSSR count). The number of hydrogen-bond donors (Lipinski definition) is 2. The first-order chi connectivity index (χ1) is 10.6. The van der Waals surface area contributed by atoms with Gasteiger partial charge in [-0.2, -0.15) is 0 Å². The van der Waals surface area contributed by atoms with E-state index in [9.17, 15) is 10.2 Å². The third-order valence-corrected chi connectivity index (χ3v) is 3.95. The van der Waals surface area contributed by atoms with E-state index in [1.54, 1.807) is 0 Å². The van der Waals surface area contributed by atoms with Crippen molar-refractivity contribution in [3.8, 4) is 0 Å². The molecule has 2 N–H and O–H groups in total. The van der Waals surface area contributed by atoms with E-state index >= 15 is 0 Å². The number of para-hydroxylation sites is 1. The topological polar surface area (TPSA) is 53.4 Å². The molecule has 2 aromatic rings. The van der Waals surface area contributed by atoms with Crippen molar-refractivity contribution in [2.75, 3.05) is 0 Å². The minimum atomic E-state index is -0.756. The smallest absolute Gasteiger partial charge is 0.126 e. The van der Waals surface area contributed by atoms with Crippen molar-refractivity contribution in [3.63, 3.8) is 0 Å². The van der Waals surface area contributed by atoms with Gasteiger partial charge in [-0.05, 0) is 36.6 Å². The van der Waals surface area contributed by atoms with E-state index in [0.29, 0.717) is 17.7 Å². The Morgan fingerprint density at radius 2 is 1.77 bits per heavy atom. The molecule has 1 aliphatic rings. The van der Waals surface area contributed by atoms with E-state index in [1.165, 1.54) is 0 Å². The van der Waals surface area contributed by atoms with Crippen molar-refractivity contribution in [1.82, 2.24) is 4.98 Å². The van der Waals surface area contributed by atoms with Crippen LogP contribution in [0.1, 0.15) is 39.8 Å². The van der Waals surface area contributed by atoms with Crippen molar-refractivity contribution >= 4 is 16.5 Å². The normalized spacial score (nSPS) is 17.8. The van der Waals surface area contributed by atoms with Crippen LogP contribution < -0.4 is 0 Å². The van der Waals surface area contributed by atoms with Gasteiger partial charge in [0.25, 0.3) is 0 Å². The van der Waals surface area contributed by atoms with Crippen LogP contribution in [0.4, 0.5) is 0 Å². The largest absolute Gasteiger partial charge is 0.507 e. The molecule has 0 fully saturated rings. The highest BCUT2D eigenvalue weighted by atomic mass is 16.3. The van der Waals surface area contributed by atoms with Gasteiger partial charge in [0.05, 0.1) is 16.8 Å². The number of allylic oxidation sites excluding steroid dienone is 1. The molecule has 0 bridgehead atoms. The van der Waals surface area contributed by atoms with Crippen LogP contribution in [0.15, 0.2) is 53.3 Å². The summed E-state index contributed by atoms with van der Waals surface area (Å²) in [4.78, 5) is 4.56. The fraction of sp³-hybridized carbons (Fsp3) is 0.316. The van der Waals surface area contributed by atoms with Crippen LogP contribution in [0.5, 0.6) is 0 Å². The van der Waals surface area contributed by atoms with Crippen LogP contribution in [-0.2, 0) is 0 Å². The lowest BCUT2D eigenvalue weighted by atomic mass is 10.0. The van der Waals surface area contributed by atoms with Crippen molar-refractivity contribution in [2.45, 2.75) is 40.2 Å². The van der Waals surface area contributed by atoms with Crippen molar-refractivity contribution in [1.29, 1.82) is 0 Å². The first-order valence-corrected chi connectivity index (χ1v) is 7.81. The van der Waals surface area contributed by atoms with Crippen LogP contribution in [0.25, 0.3) is 16.5 Å². The van der Waals surface area contributed by atoms with E-state index in [1.807, 2.05) is 64.1 Å². The number of fused-ring (bicyclic) bond motifs is 1. The molecule has 1 aromatic heterocycles. The Labute approximate surface area is 131 Å². The second kappa shape index (κ2) is 6.75. The van der Waals surface area contributed by atoms with Gasteiger partial charge in [-0.1, -0.05) is 45.0 Å². The Morgan fingerprint density at radius 3 is 2.41 bits per heavy atom. The monoisotopic (exact) mass is 297 g/mol. The predicted molar refractivity (Wildman–Crippen MR) is 91.6 cm³/mol.